The zero-order valence-corrected chi connectivity index (χ0v) is 9.58. The molecule has 0 bridgehead atoms. The Balaban J connectivity index is 2.13. The number of nitrogens with one attached hydrogen (secondary N) is 1. The van der Waals surface area contributed by atoms with Crippen LogP contribution in [0.1, 0.15) is 23.7 Å². The summed E-state index contributed by atoms with van der Waals surface area (Å²) in [6, 6.07) is 4.20. The third-order valence-electron chi connectivity index (χ3n) is 2.20. The van der Waals surface area contributed by atoms with Crippen LogP contribution < -0.4 is 5.32 Å². The molecule has 15 heavy (non-hydrogen) atoms. The van der Waals surface area contributed by atoms with Crippen molar-refractivity contribution in [1.82, 2.24) is 9.97 Å². The van der Waals surface area contributed by atoms with Gasteiger partial charge in [0.25, 0.3) is 0 Å². The summed E-state index contributed by atoms with van der Waals surface area (Å²) in [6.07, 6.45) is 3.63. The molecule has 0 radical (unpaired) electrons. The van der Waals surface area contributed by atoms with Gasteiger partial charge in [0.15, 0.2) is 0 Å². The average Bonchev–Trinajstić information content (AvgIpc) is 2.74. The van der Waals surface area contributed by atoms with E-state index in [1.807, 2.05) is 30.6 Å². The van der Waals surface area contributed by atoms with E-state index in [0.29, 0.717) is 0 Å². The van der Waals surface area contributed by atoms with Crippen molar-refractivity contribution in [3.63, 3.8) is 0 Å². The van der Waals surface area contributed by atoms with Gasteiger partial charge in [-0.3, -0.25) is 4.98 Å². The van der Waals surface area contributed by atoms with E-state index in [4.69, 9.17) is 0 Å². The highest BCUT2D eigenvalue weighted by Crippen LogP contribution is 2.21. The molecule has 1 atom stereocenters. The molecule has 2 heterocycles. The maximum atomic E-state index is 4.28. The second kappa shape index (κ2) is 4.40. The Morgan fingerprint density at radius 3 is 2.87 bits per heavy atom. The number of pyridine rings is 1. The van der Waals surface area contributed by atoms with Crippen molar-refractivity contribution in [2.24, 2.45) is 0 Å². The lowest BCUT2D eigenvalue weighted by Crippen LogP contribution is -2.07. The Hall–Kier alpha value is -1.42. The molecule has 0 aromatic carbocycles. The van der Waals surface area contributed by atoms with Gasteiger partial charge < -0.3 is 5.32 Å². The van der Waals surface area contributed by atoms with E-state index >= 15 is 0 Å². The van der Waals surface area contributed by atoms with Gasteiger partial charge in [0.1, 0.15) is 5.01 Å². The lowest BCUT2D eigenvalue weighted by Gasteiger charge is -2.13. The third-order valence-corrected chi connectivity index (χ3v) is 3.16. The first kappa shape index (κ1) is 10.1. The molecule has 0 saturated heterocycles. The molecule has 0 aliphatic heterocycles. The molecule has 0 spiro atoms. The van der Waals surface area contributed by atoms with Crippen LogP contribution in [0.4, 0.5) is 5.69 Å². The van der Waals surface area contributed by atoms with Crippen LogP contribution in [-0.4, -0.2) is 9.97 Å². The number of nitrogens with zero attached hydrogens (tertiary/aromatic N) is 2. The monoisotopic (exact) mass is 219 g/mol. The van der Waals surface area contributed by atoms with Gasteiger partial charge >= 0.3 is 0 Å². The first-order valence-electron chi connectivity index (χ1n) is 4.85. The minimum Gasteiger partial charge on any atom is -0.375 e. The van der Waals surface area contributed by atoms with Crippen LogP contribution in [0.25, 0.3) is 0 Å². The Kier molecular flexibility index (Phi) is 2.97. The molecule has 0 unspecified atom stereocenters. The summed E-state index contributed by atoms with van der Waals surface area (Å²) in [5, 5.41) is 6.48. The van der Waals surface area contributed by atoms with Gasteiger partial charge in [-0.1, -0.05) is 0 Å². The number of hydrogen-bond donors (Lipinski definition) is 1. The standard InChI is InChI=1S/C11H13N3S/c1-8-10(4-3-5-12-8)14-9(2)11-13-6-7-15-11/h3-7,9,14H,1-2H3/t9-/m1/s1. The Morgan fingerprint density at radius 2 is 2.20 bits per heavy atom. The van der Waals surface area contributed by atoms with Crippen molar-refractivity contribution in [3.05, 3.63) is 40.6 Å². The molecule has 3 nitrogen and oxygen atoms in total. The van der Waals surface area contributed by atoms with Crippen LogP contribution in [-0.2, 0) is 0 Å². The first-order valence-corrected chi connectivity index (χ1v) is 5.73. The summed E-state index contributed by atoms with van der Waals surface area (Å²) in [6.45, 7) is 4.10. The van der Waals surface area contributed by atoms with E-state index in [1.54, 1.807) is 17.5 Å². The fourth-order valence-corrected chi connectivity index (χ4v) is 2.03. The van der Waals surface area contributed by atoms with Gasteiger partial charge in [0.2, 0.25) is 0 Å². The summed E-state index contributed by atoms with van der Waals surface area (Å²) in [7, 11) is 0. The first-order chi connectivity index (χ1) is 7.27. The van der Waals surface area contributed by atoms with Crippen LogP contribution in [0.15, 0.2) is 29.9 Å². The van der Waals surface area contributed by atoms with Gasteiger partial charge in [-0.15, -0.1) is 11.3 Å². The Labute approximate surface area is 93.2 Å². The van der Waals surface area contributed by atoms with Crippen LogP contribution >= 0.6 is 11.3 Å². The minimum absolute atomic E-state index is 0.230. The van der Waals surface area contributed by atoms with Crippen molar-refractivity contribution in [3.8, 4) is 0 Å². The number of thiazole rings is 1. The Morgan fingerprint density at radius 1 is 1.33 bits per heavy atom. The fourth-order valence-electron chi connectivity index (χ4n) is 1.38. The van der Waals surface area contributed by atoms with Gasteiger partial charge in [-0.25, -0.2) is 4.98 Å². The maximum absolute atomic E-state index is 4.28. The minimum atomic E-state index is 0.230. The SMILES string of the molecule is Cc1ncccc1N[C@H](C)c1nccs1. The number of anilines is 1. The summed E-state index contributed by atoms with van der Waals surface area (Å²) in [5.41, 5.74) is 2.08. The predicted octanol–water partition coefficient (Wildman–Crippen LogP) is 3.02. The van der Waals surface area contributed by atoms with Crippen molar-refractivity contribution in [1.29, 1.82) is 0 Å². The third kappa shape index (κ3) is 2.33. The van der Waals surface area contributed by atoms with Gasteiger partial charge in [-0.2, -0.15) is 0 Å². The van der Waals surface area contributed by atoms with E-state index in [0.717, 1.165) is 16.4 Å². The predicted molar refractivity (Wildman–Crippen MR) is 63.1 cm³/mol. The highest BCUT2D eigenvalue weighted by molar-refractivity contribution is 7.09. The molecule has 2 aromatic heterocycles. The summed E-state index contributed by atoms with van der Waals surface area (Å²) < 4.78 is 0. The smallest absolute Gasteiger partial charge is 0.115 e. The van der Waals surface area contributed by atoms with Crippen molar-refractivity contribution < 1.29 is 0 Å². The normalized spacial score (nSPS) is 12.4. The molecule has 0 amide bonds. The maximum Gasteiger partial charge on any atom is 0.115 e. The molecular formula is C11H13N3S. The Bertz CT molecular complexity index is 425. The zero-order valence-electron chi connectivity index (χ0n) is 8.77. The quantitative estimate of drug-likeness (QED) is 0.862. The lowest BCUT2D eigenvalue weighted by molar-refractivity contribution is 0.865. The average molecular weight is 219 g/mol. The van der Waals surface area contributed by atoms with E-state index in [2.05, 4.69) is 22.2 Å². The number of aryl methyl sites for hydroxylation is 1. The number of rotatable bonds is 3. The van der Waals surface area contributed by atoms with Crippen molar-refractivity contribution in [2.75, 3.05) is 5.32 Å². The second-order valence-corrected chi connectivity index (χ2v) is 4.30. The number of aromatic nitrogens is 2. The molecule has 4 heteroatoms. The summed E-state index contributed by atoms with van der Waals surface area (Å²) >= 11 is 1.66. The van der Waals surface area contributed by atoms with Crippen molar-refractivity contribution in [2.45, 2.75) is 19.9 Å². The molecular weight excluding hydrogens is 206 g/mol. The van der Waals surface area contributed by atoms with Crippen LogP contribution in [0.5, 0.6) is 0 Å². The van der Waals surface area contributed by atoms with E-state index in [-0.39, 0.29) is 6.04 Å². The molecule has 0 aliphatic carbocycles. The van der Waals surface area contributed by atoms with E-state index in [9.17, 15) is 0 Å². The zero-order chi connectivity index (χ0) is 10.7. The molecule has 1 N–H and O–H groups in total. The van der Waals surface area contributed by atoms with Crippen LogP contribution in [0.3, 0.4) is 0 Å². The molecule has 2 rings (SSSR count). The molecule has 0 saturated carbocycles. The van der Waals surface area contributed by atoms with Crippen molar-refractivity contribution >= 4 is 17.0 Å². The summed E-state index contributed by atoms with van der Waals surface area (Å²) in [4.78, 5) is 8.51. The van der Waals surface area contributed by atoms with Crippen LogP contribution in [0, 0.1) is 6.92 Å². The molecule has 2 aromatic rings. The fraction of sp³-hybridized carbons (Fsp3) is 0.273. The summed E-state index contributed by atoms with van der Waals surface area (Å²) in [5.74, 6) is 0. The molecule has 0 aliphatic rings. The topological polar surface area (TPSA) is 37.8 Å². The highest BCUT2D eigenvalue weighted by Gasteiger charge is 2.08. The van der Waals surface area contributed by atoms with Gasteiger partial charge in [0, 0.05) is 17.8 Å². The number of hydrogen-bond acceptors (Lipinski definition) is 4. The largest absolute Gasteiger partial charge is 0.375 e. The van der Waals surface area contributed by atoms with E-state index in [1.165, 1.54) is 0 Å². The molecule has 78 valence electrons. The molecule has 0 fully saturated rings. The van der Waals surface area contributed by atoms with E-state index < -0.39 is 0 Å². The lowest BCUT2D eigenvalue weighted by atomic mass is 10.2. The highest BCUT2D eigenvalue weighted by atomic mass is 32.1. The second-order valence-electron chi connectivity index (χ2n) is 3.37. The van der Waals surface area contributed by atoms with Crippen LogP contribution in [0.2, 0.25) is 0 Å². The van der Waals surface area contributed by atoms with Gasteiger partial charge in [-0.05, 0) is 26.0 Å². The van der Waals surface area contributed by atoms with Gasteiger partial charge in [0.05, 0.1) is 17.4 Å².